The van der Waals surface area contributed by atoms with E-state index in [0.29, 0.717) is 5.56 Å². The van der Waals surface area contributed by atoms with Crippen molar-refractivity contribution in [1.29, 1.82) is 5.26 Å². The molecule has 3 aromatic carbocycles. The Labute approximate surface area is 226 Å². The van der Waals surface area contributed by atoms with E-state index in [0.717, 1.165) is 21.3 Å². The van der Waals surface area contributed by atoms with Crippen LogP contribution < -0.4 is 0 Å². The van der Waals surface area contributed by atoms with Gasteiger partial charge >= 0.3 is 6.18 Å². The molecule has 0 bridgehead atoms. The summed E-state index contributed by atoms with van der Waals surface area (Å²) < 4.78 is 72.9. The van der Waals surface area contributed by atoms with Crippen molar-refractivity contribution < 1.29 is 26.7 Å². The molecule has 39 heavy (non-hydrogen) atoms. The number of nitrogens with one attached hydrogen (secondary N) is 1. The van der Waals surface area contributed by atoms with Crippen molar-refractivity contribution >= 4 is 43.7 Å². The van der Waals surface area contributed by atoms with Crippen molar-refractivity contribution in [3.63, 3.8) is 0 Å². The van der Waals surface area contributed by atoms with E-state index < -0.39 is 33.2 Å². The highest BCUT2D eigenvalue weighted by molar-refractivity contribution is 7.98. The molecule has 0 aliphatic carbocycles. The second-order valence-corrected chi connectivity index (χ2v) is 11.8. The maximum Gasteiger partial charge on any atom is 0.428 e. The predicted molar refractivity (Wildman–Crippen MR) is 142 cm³/mol. The average molecular weight is 571 g/mol. The molecule has 0 saturated carbocycles. The summed E-state index contributed by atoms with van der Waals surface area (Å²) in [7, 11) is -4.18. The van der Waals surface area contributed by atoms with Gasteiger partial charge in [0, 0.05) is 22.0 Å². The lowest BCUT2D eigenvalue weighted by atomic mass is 9.88. The van der Waals surface area contributed by atoms with E-state index in [-0.39, 0.29) is 37.3 Å². The Hall–Kier alpha value is -3.79. The third kappa shape index (κ3) is 4.09. The van der Waals surface area contributed by atoms with E-state index in [9.17, 15) is 32.0 Å². The summed E-state index contributed by atoms with van der Waals surface area (Å²) in [6.07, 6.45) is -2.50. The summed E-state index contributed by atoms with van der Waals surface area (Å²) in [6.45, 7) is 3.41. The highest BCUT2D eigenvalue weighted by Gasteiger charge is 2.60. The molecule has 2 heterocycles. The molecule has 2 aromatic heterocycles. The van der Waals surface area contributed by atoms with Gasteiger partial charge in [-0.1, -0.05) is 17.7 Å². The fourth-order valence-corrected chi connectivity index (χ4v) is 6.84. The Morgan fingerprint density at radius 1 is 1.08 bits per heavy atom. The van der Waals surface area contributed by atoms with Crippen LogP contribution in [-0.4, -0.2) is 39.9 Å². The monoisotopic (exact) mass is 570 g/mol. The zero-order chi connectivity index (χ0) is 28.3. The van der Waals surface area contributed by atoms with Crippen LogP contribution in [0, 0.1) is 25.2 Å². The van der Waals surface area contributed by atoms with E-state index in [4.69, 9.17) is 0 Å². The number of nitrogens with zero attached hydrogens (tertiary/aromatic N) is 3. The second-order valence-electron chi connectivity index (χ2n) is 9.10. The molecule has 12 heteroatoms. The molecule has 5 rings (SSSR count). The van der Waals surface area contributed by atoms with Gasteiger partial charge in [0.05, 0.1) is 33.1 Å². The number of hydrogen-bond acceptors (Lipinski definition) is 6. The van der Waals surface area contributed by atoms with Crippen molar-refractivity contribution in [1.82, 2.24) is 13.9 Å². The first-order valence-corrected chi connectivity index (χ1v) is 14.2. The van der Waals surface area contributed by atoms with Gasteiger partial charge in [0.15, 0.2) is 5.82 Å². The summed E-state index contributed by atoms with van der Waals surface area (Å²) >= 11 is 0.986. The standard InChI is InChI=1S/C27H21F3N4O3S2/c1-15-4-7-18(8-5-15)39(36,37)34-11-10-19-23(22(38-3)12-16(2)24(19)34)26(35,27(28,29)30)25-32-20-9-6-17(14-31)13-21(20)33-25/h4-13,35H,1-3H3,(H,32,33). The SMILES string of the molecule is CSc1cc(C)c2c(ccn2S(=O)(=O)c2ccc(C)cc2)c1C(O)(c1nc2cc(C#N)ccc2[nH]1)C(F)(F)F. The molecule has 0 spiro atoms. The third-order valence-electron chi connectivity index (χ3n) is 6.61. The molecule has 7 nitrogen and oxygen atoms in total. The minimum Gasteiger partial charge on any atom is -0.370 e. The predicted octanol–water partition coefficient (Wildman–Crippen LogP) is 5.76. The number of fused-ring (bicyclic) bond motifs is 2. The molecule has 0 aliphatic heterocycles. The molecular weight excluding hydrogens is 549 g/mol. The third-order valence-corrected chi connectivity index (χ3v) is 9.07. The van der Waals surface area contributed by atoms with E-state index >= 15 is 0 Å². The van der Waals surface area contributed by atoms with Crippen molar-refractivity contribution in [2.24, 2.45) is 0 Å². The molecule has 0 radical (unpaired) electrons. The number of imidazole rings is 1. The number of aromatic nitrogens is 3. The summed E-state index contributed by atoms with van der Waals surface area (Å²) in [5.74, 6) is -0.797. The molecule has 0 fully saturated rings. The second kappa shape index (κ2) is 9.15. The largest absolute Gasteiger partial charge is 0.428 e. The van der Waals surface area contributed by atoms with Crippen LogP contribution in [0.1, 0.15) is 28.1 Å². The van der Waals surface area contributed by atoms with Crippen LogP contribution in [0.3, 0.4) is 0 Å². The number of H-pyrrole nitrogens is 1. The molecule has 1 atom stereocenters. The Kier molecular flexibility index (Phi) is 6.29. The fourth-order valence-electron chi connectivity index (χ4n) is 4.67. The molecule has 0 aliphatic rings. The number of nitriles is 1. The zero-order valence-electron chi connectivity index (χ0n) is 20.8. The maximum atomic E-state index is 14.9. The van der Waals surface area contributed by atoms with Crippen LogP contribution in [0.5, 0.6) is 0 Å². The van der Waals surface area contributed by atoms with Gasteiger partial charge in [0.25, 0.3) is 10.0 Å². The first-order valence-electron chi connectivity index (χ1n) is 11.5. The van der Waals surface area contributed by atoms with Crippen LogP contribution in [0.4, 0.5) is 13.2 Å². The van der Waals surface area contributed by atoms with E-state index in [1.165, 1.54) is 48.7 Å². The first kappa shape index (κ1) is 26.8. The number of benzene rings is 3. The molecular formula is C27H21F3N4O3S2. The summed E-state index contributed by atoms with van der Waals surface area (Å²) in [5, 5.41) is 20.7. The van der Waals surface area contributed by atoms with Gasteiger partial charge in [0.1, 0.15) is 0 Å². The highest BCUT2D eigenvalue weighted by atomic mass is 32.2. The number of alkyl halides is 3. The fraction of sp³-hybridized carbons (Fsp3) is 0.185. The number of thioether (sulfide) groups is 1. The Balaban J connectivity index is 1.84. The topological polar surface area (TPSA) is 112 Å². The number of aryl methyl sites for hydroxylation is 2. The lowest BCUT2D eigenvalue weighted by Crippen LogP contribution is -2.45. The van der Waals surface area contributed by atoms with Crippen molar-refractivity contribution in [3.05, 3.63) is 88.9 Å². The summed E-state index contributed by atoms with van der Waals surface area (Å²) in [5.41, 5.74) is -2.46. The minimum absolute atomic E-state index is 0.00827. The smallest absolute Gasteiger partial charge is 0.370 e. The molecule has 1 unspecified atom stereocenters. The number of aromatic amines is 1. The van der Waals surface area contributed by atoms with Crippen molar-refractivity contribution in [2.75, 3.05) is 6.26 Å². The van der Waals surface area contributed by atoms with E-state index in [1.54, 1.807) is 32.2 Å². The summed E-state index contributed by atoms with van der Waals surface area (Å²) in [4.78, 5) is 6.68. The Morgan fingerprint density at radius 3 is 2.38 bits per heavy atom. The van der Waals surface area contributed by atoms with Crippen molar-refractivity contribution in [2.45, 2.75) is 35.4 Å². The number of halogens is 3. The highest BCUT2D eigenvalue weighted by Crippen LogP contribution is 2.50. The number of aliphatic hydroxyl groups is 1. The minimum atomic E-state index is -5.26. The van der Waals surface area contributed by atoms with E-state index in [2.05, 4.69) is 9.97 Å². The molecule has 0 amide bonds. The lowest BCUT2D eigenvalue weighted by Gasteiger charge is -2.31. The normalized spacial score (nSPS) is 14.0. The molecule has 200 valence electrons. The van der Waals surface area contributed by atoms with Crippen LogP contribution in [0.2, 0.25) is 0 Å². The van der Waals surface area contributed by atoms with Crippen LogP contribution in [-0.2, 0) is 15.6 Å². The van der Waals surface area contributed by atoms with Gasteiger partial charge in [0.2, 0.25) is 5.60 Å². The quantitative estimate of drug-likeness (QED) is 0.260. The number of rotatable bonds is 5. The van der Waals surface area contributed by atoms with Crippen LogP contribution in [0.25, 0.3) is 21.9 Å². The maximum absolute atomic E-state index is 14.9. The van der Waals surface area contributed by atoms with Gasteiger partial charge < -0.3 is 10.1 Å². The first-order chi connectivity index (χ1) is 18.3. The lowest BCUT2D eigenvalue weighted by molar-refractivity contribution is -0.251. The van der Waals surface area contributed by atoms with Crippen molar-refractivity contribution in [3.8, 4) is 6.07 Å². The van der Waals surface area contributed by atoms with Gasteiger partial charge in [-0.2, -0.15) is 18.4 Å². The van der Waals surface area contributed by atoms with E-state index in [1.807, 2.05) is 6.07 Å². The van der Waals surface area contributed by atoms with Gasteiger partial charge in [-0.15, -0.1) is 11.8 Å². The number of hydrogen-bond donors (Lipinski definition) is 2. The summed E-state index contributed by atoms with van der Waals surface area (Å²) in [6, 6.07) is 14.9. The Morgan fingerprint density at radius 2 is 1.77 bits per heavy atom. The van der Waals surface area contributed by atoms with Crippen LogP contribution >= 0.6 is 11.8 Å². The van der Waals surface area contributed by atoms with Gasteiger partial charge in [-0.05, 0) is 68.1 Å². The van der Waals surface area contributed by atoms with Gasteiger partial charge in [-0.3, -0.25) is 0 Å². The molecule has 5 aromatic rings. The molecule has 0 saturated heterocycles. The molecule has 2 N–H and O–H groups in total. The zero-order valence-corrected chi connectivity index (χ0v) is 22.5. The Bertz CT molecular complexity index is 1900. The van der Waals surface area contributed by atoms with Crippen LogP contribution in [0.15, 0.2) is 70.6 Å². The average Bonchev–Trinajstić information content (AvgIpc) is 3.53. The van der Waals surface area contributed by atoms with Gasteiger partial charge in [-0.25, -0.2) is 17.4 Å².